The second kappa shape index (κ2) is 7.13. The highest BCUT2D eigenvalue weighted by Gasteiger charge is 2.18. The lowest BCUT2D eigenvalue weighted by Crippen LogP contribution is -2.12. The molecule has 1 N–H and O–H groups in total. The monoisotopic (exact) mass is 391 g/mol. The van der Waals surface area contributed by atoms with Crippen molar-refractivity contribution in [3.63, 3.8) is 0 Å². The lowest BCUT2D eigenvalue weighted by atomic mass is 10.1. The maximum atomic E-state index is 12.8. The second-order valence-corrected chi connectivity index (χ2v) is 7.77. The van der Waals surface area contributed by atoms with E-state index in [1.165, 1.54) is 16.9 Å². The zero-order chi connectivity index (χ0) is 19.8. The van der Waals surface area contributed by atoms with E-state index in [1.807, 2.05) is 67.8 Å². The first kappa shape index (κ1) is 18.3. The van der Waals surface area contributed by atoms with Gasteiger partial charge in [0.15, 0.2) is 4.96 Å². The number of thiazole rings is 1. The molecule has 1 amide bonds. The number of imidazole rings is 1. The summed E-state index contributed by atoms with van der Waals surface area (Å²) in [4.78, 5) is 19.0. The molecule has 2 heterocycles. The van der Waals surface area contributed by atoms with Gasteiger partial charge in [0.1, 0.15) is 10.6 Å². The molecule has 0 saturated carbocycles. The molecular weight excluding hydrogens is 370 g/mol. The summed E-state index contributed by atoms with van der Waals surface area (Å²) in [5, 5.41) is 3.02. The molecule has 2 aromatic heterocycles. The summed E-state index contributed by atoms with van der Waals surface area (Å²) in [6, 6.07) is 13.8. The Kier molecular flexibility index (Phi) is 4.65. The van der Waals surface area contributed by atoms with Crippen LogP contribution in [0.5, 0.6) is 5.75 Å². The second-order valence-electron chi connectivity index (χ2n) is 6.80. The van der Waals surface area contributed by atoms with Gasteiger partial charge in [-0.1, -0.05) is 29.0 Å². The van der Waals surface area contributed by atoms with Crippen LogP contribution in [0.4, 0.5) is 5.69 Å². The Hall–Kier alpha value is -3.12. The maximum absolute atomic E-state index is 12.8. The summed E-state index contributed by atoms with van der Waals surface area (Å²) in [7, 11) is 1.65. The minimum atomic E-state index is -0.106. The summed E-state index contributed by atoms with van der Waals surface area (Å²) in [6.07, 6.45) is 1.97. The Balaban J connectivity index is 1.62. The van der Waals surface area contributed by atoms with E-state index in [2.05, 4.69) is 11.4 Å². The van der Waals surface area contributed by atoms with Gasteiger partial charge in [-0.05, 0) is 56.7 Å². The van der Waals surface area contributed by atoms with Crippen LogP contribution in [0.3, 0.4) is 0 Å². The van der Waals surface area contributed by atoms with E-state index in [9.17, 15) is 4.79 Å². The average Bonchev–Trinajstić information content (AvgIpc) is 3.24. The summed E-state index contributed by atoms with van der Waals surface area (Å²) >= 11 is 1.40. The fourth-order valence-corrected chi connectivity index (χ4v) is 4.20. The third-order valence-corrected chi connectivity index (χ3v) is 5.93. The van der Waals surface area contributed by atoms with Crippen molar-refractivity contribution < 1.29 is 9.53 Å². The molecule has 0 fully saturated rings. The van der Waals surface area contributed by atoms with Crippen LogP contribution >= 0.6 is 11.3 Å². The summed E-state index contributed by atoms with van der Waals surface area (Å²) in [6.45, 7) is 5.98. The van der Waals surface area contributed by atoms with E-state index in [-0.39, 0.29) is 5.91 Å². The molecule has 142 valence electrons. The van der Waals surface area contributed by atoms with Gasteiger partial charge in [0.2, 0.25) is 0 Å². The molecule has 2 aromatic carbocycles. The number of fused-ring (bicyclic) bond motifs is 1. The van der Waals surface area contributed by atoms with Gasteiger partial charge in [-0.15, -0.1) is 0 Å². The smallest absolute Gasteiger partial charge is 0.267 e. The highest BCUT2D eigenvalue weighted by Crippen LogP contribution is 2.29. The normalized spacial score (nSPS) is 11.0. The first-order chi connectivity index (χ1) is 13.5. The van der Waals surface area contributed by atoms with Gasteiger partial charge in [0.25, 0.3) is 5.91 Å². The van der Waals surface area contributed by atoms with Crippen LogP contribution in [0.25, 0.3) is 16.2 Å². The van der Waals surface area contributed by atoms with Crippen LogP contribution in [-0.2, 0) is 0 Å². The lowest BCUT2D eigenvalue weighted by molar-refractivity contribution is 0.102. The summed E-state index contributed by atoms with van der Waals surface area (Å²) in [5.74, 6) is 0.706. The van der Waals surface area contributed by atoms with E-state index in [1.54, 1.807) is 7.11 Å². The quantitative estimate of drug-likeness (QED) is 0.517. The first-order valence-electron chi connectivity index (χ1n) is 8.98. The minimum absolute atomic E-state index is 0.106. The molecule has 4 aromatic rings. The molecule has 0 aliphatic heterocycles. The number of anilines is 1. The Labute approximate surface area is 167 Å². The van der Waals surface area contributed by atoms with E-state index < -0.39 is 0 Å². The molecule has 0 bridgehead atoms. The Morgan fingerprint density at radius 2 is 1.86 bits per heavy atom. The van der Waals surface area contributed by atoms with Crippen LogP contribution in [0.1, 0.15) is 26.5 Å². The molecular formula is C22H21N3O2S. The van der Waals surface area contributed by atoms with E-state index >= 15 is 0 Å². The van der Waals surface area contributed by atoms with Gasteiger partial charge in [-0.25, -0.2) is 4.98 Å². The zero-order valence-corrected chi connectivity index (χ0v) is 17.1. The number of benzene rings is 2. The highest BCUT2D eigenvalue weighted by molar-refractivity contribution is 7.19. The molecule has 28 heavy (non-hydrogen) atoms. The van der Waals surface area contributed by atoms with Gasteiger partial charge in [0, 0.05) is 23.1 Å². The third kappa shape index (κ3) is 3.27. The van der Waals surface area contributed by atoms with Crippen LogP contribution in [0.15, 0.2) is 48.7 Å². The average molecular weight is 391 g/mol. The number of carbonyl (C=O) groups is 1. The summed E-state index contributed by atoms with van der Waals surface area (Å²) in [5.41, 5.74) is 5.83. The van der Waals surface area contributed by atoms with Crippen molar-refractivity contribution in [3.8, 4) is 17.0 Å². The third-order valence-electron chi connectivity index (χ3n) is 4.78. The molecule has 4 rings (SSSR count). The first-order valence-corrected chi connectivity index (χ1v) is 9.79. The van der Waals surface area contributed by atoms with Gasteiger partial charge in [-0.3, -0.25) is 9.20 Å². The van der Waals surface area contributed by atoms with Crippen molar-refractivity contribution in [1.29, 1.82) is 0 Å². The largest absolute Gasteiger partial charge is 0.497 e. The number of nitrogens with one attached hydrogen (secondary N) is 1. The Bertz CT molecular complexity index is 1170. The number of amides is 1. The molecule has 0 spiro atoms. The number of hydrogen-bond donors (Lipinski definition) is 1. The topological polar surface area (TPSA) is 55.6 Å². The Morgan fingerprint density at radius 3 is 2.50 bits per heavy atom. The van der Waals surface area contributed by atoms with Gasteiger partial charge in [-0.2, -0.15) is 0 Å². The van der Waals surface area contributed by atoms with Crippen molar-refractivity contribution in [2.24, 2.45) is 0 Å². The van der Waals surface area contributed by atoms with Crippen molar-refractivity contribution in [2.75, 3.05) is 12.4 Å². The van der Waals surface area contributed by atoms with E-state index in [0.29, 0.717) is 4.88 Å². The molecule has 6 heteroatoms. The predicted molar refractivity (Wildman–Crippen MR) is 114 cm³/mol. The number of carbonyl (C=O) groups excluding carboxylic acids is 1. The predicted octanol–water partition coefficient (Wildman–Crippen LogP) is 5.25. The minimum Gasteiger partial charge on any atom is -0.497 e. The number of aryl methyl sites for hydroxylation is 3. The molecule has 0 radical (unpaired) electrons. The lowest BCUT2D eigenvalue weighted by Gasteiger charge is -2.08. The SMILES string of the molecule is COc1ccc(-c2cn3c(C)c(C(=O)Nc4ccc(C)cc4C)sc3n2)cc1. The molecule has 0 saturated heterocycles. The summed E-state index contributed by atoms with van der Waals surface area (Å²) < 4.78 is 7.18. The highest BCUT2D eigenvalue weighted by atomic mass is 32.1. The van der Waals surface area contributed by atoms with Crippen LogP contribution in [0.2, 0.25) is 0 Å². The van der Waals surface area contributed by atoms with Crippen LogP contribution < -0.4 is 10.1 Å². The number of methoxy groups -OCH3 is 1. The molecule has 0 unspecified atom stereocenters. The number of aromatic nitrogens is 2. The van der Waals surface area contributed by atoms with Gasteiger partial charge < -0.3 is 10.1 Å². The number of nitrogens with zero attached hydrogens (tertiary/aromatic N) is 2. The fraction of sp³-hybridized carbons (Fsp3) is 0.182. The van der Waals surface area contributed by atoms with Gasteiger partial charge >= 0.3 is 0 Å². The maximum Gasteiger partial charge on any atom is 0.267 e. The fourth-order valence-electron chi connectivity index (χ4n) is 3.19. The molecule has 5 nitrogen and oxygen atoms in total. The standard InChI is InChI=1S/C22H21N3O2S/c1-13-5-10-18(14(2)11-13)23-21(26)20-15(3)25-12-19(24-22(25)28-20)16-6-8-17(27-4)9-7-16/h5-12H,1-4H3,(H,23,26). The number of rotatable bonds is 4. The number of hydrogen-bond acceptors (Lipinski definition) is 4. The van der Waals surface area contributed by atoms with Crippen LogP contribution in [0, 0.1) is 20.8 Å². The van der Waals surface area contributed by atoms with Crippen molar-refractivity contribution in [3.05, 3.63) is 70.4 Å². The van der Waals surface area contributed by atoms with E-state index in [0.717, 1.165) is 38.9 Å². The van der Waals surface area contributed by atoms with Gasteiger partial charge in [0.05, 0.1) is 12.8 Å². The van der Waals surface area contributed by atoms with Crippen molar-refractivity contribution in [1.82, 2.24) is 9.38 Å². The molecule has 0 aliphatic rings. The Morgan fingerprint density at radius 1 is 1.11 bits per heavy atom. The van der Waals surface area contributed by atoms with Crippen molar-refractivity contribution >= 4 is 27.9 Å². The molecule has 0 atom stereocenters. The molecule has 0 aliphatic carbocycles. The number of ether oxygens (including phenoxy) is 1. The van der Waals surface area contributed by atoms with Crippen molar-refractivity contribution in [2.45, 2.75) is 20.8 Å². The van der Waals surface area contributed by atoms with Crippen LogP contribution in [-0.4, -0.2) is 22.4 Å². The zero-order valence-electron chi connectivity index (χ0n) is 16.2. The van der Waals surface area contributed by atoms with E-state index in [4.69, 9.17) is 9.72 Å².